The van der Waals surface area contributed by atoms with E-state index in [-0.39, 0.29) is 0 Å². The summed E-state index contributed by atoms with van der Waals surface area (Å²) in [5.41, 5.74) is 4.20. The second kappa shape index (κ2) is 9.84. The molecule has 1 fully saturated rings. The van der Waals surface area contributed by atoms with Gasteiger partial charge in [-0.15, -0.1) is 11.8 Å². The van der Waals surface area contributed by atoms with E-state index in [1.165, 1.54) is 33.9 Å². The number of rotatable bonds is 7. The predicted octanol–water partition coefficient (Wildman–Crippen LogP) is 5.54. The van der Waals surface area contributed by atoms with Crippen LogP contribution in [0.3, 0.4) is 0 Å². The molecule has 0 radical (unpaired) electrons. The minimum atomic E-state index is 1.06. The third kappa shape index (κ3) is 4.93. The van der Waals surface area contributed by atoms with E-state index in [4.69, 9.17) is 0 Å². The Labute approximate surface area is 162 Å². The van der Waals surface area contributed by atoms with Gasteiger partial charge in [-0.2, -0.15) is 0 Å². The number of benzene rings is 2. The summed E-state index contributed by atoms with van der Waals surface area (Å²) in [6, 6.07) is 17.6. The highest BCUT2D eigenvalue weighted by molar-refractivity contribution is 7.99. The second-order valence-corrected chi connectivity index (χ2v) is 7.92. The molecule has 2 aromatic rings. The maximum absolute atomic E-state index is 2.57. The molecule has 2 nitrogen and oxygen atoms in total. The molecule has 1 heterocycles. The Bertz CT molecular complexity index is 703. The number of anilines is 1. The lowest BCUT2D eigenvalue weighted by atomic mass is 10.1. The van der Waals surface area contributed by atoms with E-state index < -0.39 is 0 Å². The maximum atomic E-state index is 2.57. The van der Waals surface area contributed by atoms with Gasteiger partial charge >= 0.3 is 0 Å². The van der Waals surface area contributed by atoms with E-state index in [1.807, 2.05) is 11.8 Å². The predicted molar refractivity (Wildman–Crippen MR) is 116 cm³/mol. The van der Waals surface area contributed by atoms with Crippen LogP contribution in [0.25, 0.3) is 6.08 Å². The summed E-state index contributed by atoms with van der Waals surface area (Å²) < 4.78 is 0. The van der Waals surface area contributed by atoms with Gasteiger partial charge in [0.2, 0.25) is 0 Å². The van der Waals surface area contributed by atoms with E-state index in [0.717, 1.165) is 32.7 Å². The van der Waals surface area contributed by atoms with Gasteiger partial charge in [-0.05, 0) is 36.8 Å². The Hall–Kier alpha value is -1.71. The van der Waals surface area contributed by atoms with Crippen molar-refractivity contribution in [3.05, 3.63) is 65.7 Å². The van der Waals surface area contributed by atoms with Crippen molar-refractivity contribution in [3.63, 3.8) is 0 Å². The lowest BCUT2D eigenvalue weighted by Crippen LogP contribution is -2.46. The van der Waals surface area contributed by atoms with Gasteiger partial charge in [0, 0.05) is 48.9 Å². The average molecular weight is 367 g/mol. The number of piperazine rings is 1. The molecule has 0 aromatic heterocycles. The van der Waals surface area contributed by atoms with Crippen LogP contribution >= 0.6 is 11.8 Å². The van der Waals surface area contributed by atoms with Gasteiger partial charge < -0.3 is 4.90 Å². The maximum Gasteiger partial charge on any atom is 0.0451 e. The monoisotopic (exact) mass is 366 g/mol. The van der Waals surface area contributed by atoms with Crippen LogP contribution in [0.1, 0.15) is 31.4 Å². The second-order valence-electron chi connectivity index (χ2n) is 6.79. The van der Waals surface area contributed by atoms with Crippen LogP contribution < -0.4 is 4.90 Å². The summed E-state index contributed by atoms with van der Waals surface area (Å²) in [6.45, 7) is 9.86. The molecule has 0 spiro atoms. The number of hydrogen-bond donors (Lipinski definition) is 0. The van der Waals surface area contributed by atoms with Gasteiger partial charge in [-0.3, -0.25) is 4.90 Å². The summed E-state index contributed by atoms with van der Waals surface area (Å²) in [4.78, 5) is 6.54. The molecule has 0 bridgehead atoms. The first-order chi connectivity index (χ1) is 12.8. The smallest absolute Gasteiger partial charge is 0.0451 e. The highest BCUT2D eigenvalue weighted by atomic mass is 32.2. The van der Waals surface area contributed by atoms with E-state index in [2.05, 4.69) is 84.3 Å². The van der Waals surface area contributed by atoms with Crippen LogP contribution in [0, 0.1) is 0 Å². The zero-order valence-corrected chi connectivity index (χ0v) is 16.8. The Morgan fingerprint density at radius 3 is 2.42 bits per heavy atom. The van der Waals surface area contributed by atoms with E-state index in [1.54, 1.807) is 0 Å². The highest BCUT2D eigenvalue weighted by Gasteiger charge is 2.19. The third-order valence-electron chi connectivity index (χ3n) is 4.80. The molecule has 0 aliphatic carbocycles. The minimum absolute atomic E-state index is 1.06. The summed E-state index contributed by atoms with van der Waals surface area (Å²) in [6.07, 6.45) is 5.66. The van der Waals surface area contributed by atoms with Gasteiger partial charge in [0.15, 0.2) is 0 Å². The first-order valence-corrected chi connectivity index (χ1v) is 10.7. The van der Waals surface area contributed by atoms with Crippen LogP contribution in [-0.2, 0) is 6.54 Å². The van der Waals surface area contributed by atoms with Crippen molar-refractivity contribution in [2.75, 3.05) is 36.8 Å². The van der Waals surface area contributed by atoms with E-state index in [9.17, 15) is 0 Å². The van der Waals surface area contributed by atoms with Gasteiger partial charge in [0.25, 0.3) is 0 Å². The standard InChI is InChI=1S/C23H30N2S/c1-3-9-21-22(12-8-13-23(21)26-18-4-2)25-16-14-24(15-17-25)19-20-10-6-5-7-11-20/h3,5-13H,4,14-19H2,1-2H3. The lowest BCUT2D eigenvalue weighted by Gasteiger charge is -2.37. The molecule has 2 aromatic carbocycles. The van der Waals surface area contributed by atoms with Gasteiger partial charge in [0.1, 0.15) is 0 Å². The van der Waals surface area contributed by atoms with E-state index >= 15 is 0 Å². The van der Waals surface area contributed by atoms with Crippen molar-refractivity contribution >= 4 is 23.5 Å². The van der Waals surface area contributed by atoms with Gasteiger partial charge in [0.05, 0.1) is 0 Å². The molecule has 1 saturated heterocycles. The summed E-state index contributed by atoms with van der Waals surface area (Å²) >= 11 is 1.98. The third-order valence-corrected chi connectivity index (χ3v) is 6.08. The molecular weight excluding hydrogens is 336 g/mol. The molecule has 3 heteroatoms. The molecule has 0 N–H and O–H groups in total. The first-order valence-electron chi connectivity index (χ1n) is 9.71. The molecule has 1 aliphatic heterocycles. The largest absolute Gasteiger partial charge is 0.368 e. The molecule has 0 unspecified atom stereocenters. The Morgan fingerprint density at radius 1 is 0.962 bits per heavy atom. The zero-order chi connectivity index (χ0) is 18.2. The fraction of sp³-hybridized carbons (Fsp3) is 0.391. The molecule has 0 amide bonds. The highest BCUT2D eigenvalue weighted by Crippen LogP contribution is 2.33. The molecule has 26 heavy (non-hydrogen) atoms. The fourth-order valence-corrected chi connectivity index (χ4v) is 4.40. The molecule has 1 aliphatic rings. The topological polar surface area (TPSA) is 6.48 Å². The van der Waals surface area contributed by atoms with Crippen molar-refractivity contribution in [1.82, 2.24) is 4.90 Å². The molecule has 0 atom stereocenters. The van der Waals surface area contributed by atoms with Crippen LogP contribution in [0.5, 0.6) is 0 Å². The fourth-order valence-electron chi connectivity index (χ4n) is 3.47. The minimum Gasteiger partial charge on any atom is -0.368 e. The summed E-state index contributed by atoms with van der Waals surface area (Å²) in [5.74, 6) is 1.18. The van der Waals surface area contributed by atoms with Crippen LogP contribution in [0.2, 0.25) is 0 Å². The normalized spacial score (nSPS) is 15.7. The van der Waals surface area contributed by atoms with Crippen LogP contribution in [0.4, 0.5) is 5.69 Å². The summed E-state index contributed by atoms with van der Waals surface area (Å²) in [5, 5.41) is 0. The molecule has 0 saturated carbocycles. The summed E-state index contributed by atoms with van der Waals surface area (Å²) in [7, 11) is 0. The van der Waals surface area contributed by atoms with Crippen LogP contribution in [0.15, 0.2) is 59.5 Å². The lowest BCUT2D eigenvalue weighted by molar-refractivity contribution is 0.250. The Kier molecular flexibility index (Phi) is 7.22. The SMILES string of the molecule is CC=Cc1c(SCCC)cccc1N1CCN(Cc2ccccc2)CC1. The molecular formula is C23H30N2S. The van der Waals surface area contributed by atoms with Gasteiger partial charge in [-0.25, -0.2) is 0 Å². The van der Waals surface area contributed by atoms with E-state index in [0.29, 0.717) is 0 Å². The number of allylic oxidation sites excluding steroid dienone is 1. The number of hydrogen-bond acceptors (Lipinski definition) is 3. The van der Waals surface area contributed by atoms with Crippen LogP contribution in [-0.4, -0.2) is 36.8 Å². The van der Waals surface area contributed by atoms with Crippen molar-refractivity contribution in [3.8, 4) is 0 Å². The van der Waals surface area contributed by atoms with Crippen molar-refractivity contribution < 1.29 is 0 Å². The van der Waals surface area contributed by atoms with Crippen molar-refractivity contribution in [2.24, 2.45) is 0 Å². The molecule has 138 valence electrons. The molecule has 3 rings (SSSR count). The number of thioether (sulfide) groups is 1. The zero-order valence-electron chi connectivity index (χ0n) is 16.0. The first kappa shape index (κ1) is 19.1. The van der Waals surface area contributed by atoms with Crippen molar-refractivity contribution in [2.45, 2.75) is 31.7 Å². The van der Waals surface area contributed by atoms with Crippen molar-refractivity contribution in [1.29, 1.82) is 0 Å². The van der Waals surface area contributed by atoms with Gasteiger partial charge in [-0.1, -0.05) is 55.5 Å². The quantitative estimate of drug-likeness (QED) is 0.594. The average Bonchev–Trinajstić information content (AvgIpc) is 2.69. The number of nitrogens with zero attached hydrogens (tertiary/aromatic N) is 2. The Balaban J connectivity index is 1.68. The Morgan fingerprint density at radius 2 is 1.73 bits per heavy atom.